The molecular weight excluding hydrogens is 467 g/mol. The third-order valence-corrected chi connectivity index (χ3v) is 5.22. The van der Waals surface area contributed by atoms with E-state index < -0.39 is 0 Å². The normalized spacial score (nSPS) is 18.8. The molecule has 6 nitrogen and oxygen atoms in total. The molecule has 0 radical (unpaired) electrons. The Morgan fingerprint density at radius 2 is 2.04 bits per heavy atom. The highest BCUT2D eigenvalue weighted by atomic mass is 127. The van der Waals surface area contributed by atoms with E-state index in [0.717, 1.165) is 42.7 Å². The van der Waals surface area contributed by atoms with Crippen LogP contribution in [0.25, 0.3) is 0 Å². The smallest absolute Gasteiger partial charge is 0.191 e. The second kappa shape index (κ2) is 13.1. The summed E-state index contributed by atoms with van der Waals surface area (Å²) in [5.41, 5.74) is 1.05. The molecule has 2 N–H and O–H groups in total. The average Bonchev–Trinajstić information content (AvgIpc) is 2.71. The number of rotatable bonds is 8. The minimum absolute atomic E-state index is 0. The van der Waals surface area contributed by atoms with Gasteiger partial charge in [-0.1, -0.05) is 13.3 Å². The molecule has 0 aromatic heterocycles. The Kier molecular flexibility index (Phi) is 11.6. The lowest BCUT2D eigenvalue weighted by Gasteiger charge is -2.34. The maximum atomic E-state index is 5.53. The first-order valence-electron chi connectivity index (χ1n) is 10.1. The van der Waals surface area contributed by atoms with Crippen LogP contribution in [0.4, 0.5) is 0 Å². The fraction of sp³-hybridized carbons (Fsp3) is 0.667. The van der Waals surface area contributed by atoms with Crippen molar-refractivity contribution in [3.8, 4) is 11.5 Å². The molecule has 1 aromatic rings. The maximum Gasteiger partial charge on any atom is 0.191 e. The molecule has 1 aromatic carbocycles. The standard InChI is InChI=1S/C21H36N4O2.HI/c1-6-22-21(23-15-17-10-8-9-13-25(17)7-2)24-16(3)19-14-18(26-4)11-12-20(19)27-5;/h11-12,14,16-17H,6-10,13,15H2,1-5H3,(H2,22,23,24);1H. The number of guanidine groups is 1. The van der Waals surface area contributed by atoms with Crippen LogP contribution in [-0.2, 0) is 0 Å². The second-order valence-electron chi connectivity index (χ2n) is 6.97. The van der Waals surface area contributed by atoms with Crippen molar-refractivity contribution in [1.82, 2.24) is 15.5 Å². The van der Waals surface area contributed by atoms with E-state index in [9.17, 15) is 0 Å². The van der Waals surface area contributed by atoms with Gasteiger partial charge in [-0.15, -0.1) is 24.0 Å². The number of halogens is 1. The third kappa shape index (κ3) is 6.99. The summed E-state index contributed by atoms with van der Waals surface area (Å²) in [5, 5.41) is 6.89. The van der Waals surface area contributed by atoms with Gasteiger partial charge in [-0.3, -0.25) is 9.89 Å². The van der Waals surface area contributed by atoms with Crippen LogP contribution in [0.1, 0.15) is 51.6 Å². The van der Waals surface area contributed by atoms with E-state index in [-0.39, 0.29) is 30.0 Å². The summed E-state index contributed by atoms with van der Waals surface area (Å²) in [6.45, 7) is 10.4. The molecule has 0 spiro atoms. The van der Waals surface area contributed by atoms with Gasteiger partial charge >= 0.3 is 0 Å². The van der Waals surface area contributed by atoms with E-state index in [1.165, 1.54) is 25.8 Å². The van der Waals surface area contributed by atoms with E-state index in [0.29, 0.717) is 6.04 Å². The van der Waals surface area contributed by atoms with Gasteiger partial charge in [0.25, 0.3) is 0 Å². The Bertz CT molecular complexity index is 612. The number of piperidine rings is 1. The summed E-state index contributed by atoms with van der Waals surface area (Å²) in [6, 6.07) is 6.45. The zero-order chi connectivity index (χ0) is 19.6. The first kappa shape index (κ1) is 24.8. The van der Waals surface area contributed by atoms with Crippen molar-refractivity contribution in [3.63, 3.8) is 0 Å². The SMILES string of the molecule is CCNC(=NCC1CCCCN1CC)NC(C)c1cc(OC)ccc1OC.I. The summed E-state index contributed by atoms with van der Waals surface area (Å²) in [4.78, 5) is 7.43. The molecule has 2 atom stereocenters. The highest BCUT2D eigenvalue weighted by molar-refractivity contribution is 14.0. The number of hydrogen-bond acceptors (Lipinski definition) is 4. The summed E-state index contributed by atoms with van der Waals surface area (Å²) < 4.78 is 10.9. The van der Waals surface area contributed by atoms with E-state index in [1.54, 1.807) is 14.2 Å². The Hall–Kier alpha value is -1.22. The van der Waals surface area contributed by atoms with Gasteiger partial charge in [0.1, 0.15) is 11.5 Å². The quantitative estimate of drug-likeness (QED) is 0.321. The minimum atomic E-state index is 0. The summed E-state index contributed by atoms with van der Waals surface area (Å²) >= 11 is 0. The fourth-order valence-electron chi connectivity index (χ4n) is 3.66. The van der Waals surface area contributed by atoms with E-state index in [4.69, 9.17) is 14.5 Å². The Labute approximate surface area is 187 Å². The number of likely N-dealkylation sites (tertiary alicyclic amines) is 1. The molecule has 7 heteroatoms. The van der Waals surface area contributed by atoms with Crippen molar-refractivity contribution < 1.29 is 9.47 Å². The van der Waals surface area contributed by atoms with E-state index >= 15 is 0 Å². The lowest BCUT2D eigenvalue weighted by molar-refractivity contribution is 0.161. The van der Waals surface area contributed by atoms with Crippen LogP contribution < -0.4 is 20.1 Å². The first-order valence-corrected chi connectivity index (χ1v) is 10.1. The molecule has 0 bridgehead atoms. The zero-order valence-electron chi connectivity index (χ0n) is 18.0. The predicted molar refractivity (Wildman–Crippen MR) is 127 cm³/mol. The fourth-order valence-corrected chi connectivity index (χ4v) is 3.66. The first-order chi connectivity index (χ1) is 13.1. The van der Waals surface area contributed by atoms with Gasteiger partial charge in [0.15, 0.2) is 5.96 Å². The number of ether oxygens (including phenoxy) is 2. The largest absolute Gasteiger partial charge is 0.497 e. The molecular formula is C21H37IN4O2. The second-order valence-corrected chi connectivity index (χ2v) is 6.97. The van der Waals surface area contributed by atoms with E-state index in [2.05, 4.69) is 36.3 Å². The van der Waals surface area contributed by atoms with Crippen molar-refractivity contribution in [1.29, 1.82) is 0 Å². The number of nitrogens with one attached hydrogen (secondary N) is 2. The van der Waals surface area contributed by atoms with Crippen molar-refractivity contribution in [2.45, 2.75) is 52.1 Å². The van der Waals surface area contributed by atoms with Crippen LogP contribution in [0, 0.1) is 0 Å². The highest BCUT2D eigenvalue weighted by Gasteiger charge is 2.21. The number of nitrogens with zero attached hydrogens (tertiary/aromatic N) is 2. The van der Waals surface area contributed by atoms with Gasteiger partial charge in [0, 0.05) is 18.2 Å². The highest BCUT2D eigenvalue weighted by Crippen LogP contribution is 2.29. The average molecular weight is 504 g/mol. The molecule has 2 unspecified atom stereocenters. The Morgan fingerprint density at radius 1 is 1.25 bits per heavy atom. The molecule has 0 saturated carbocycles. The predicted octanol–water partition coefficient (Wildman–Crippen LogP) is 3.81. The van der Waals surface area contributed by atoms with Gasteiger partial charge in [0.2, 0.25) is 0 Å². The molecule has 2 rings (SSSR count). The van der Waals surface area contributed by atoms with Crippen LogP contribution in [0.15, 0.2) is 23.2 Å². The maximum absolute atomic E-state index is 5.53. The molecule has 1 aliphatic rings. The van der Waals surface area contributed by atoms with Crippen LogP contribution in [0.5, 0.6) is 11.5 Å². The van der Waals surface area contributed by atoms with Crippen LogP contribution in [0.3, 0.4) is 0 Å². The Morgan fingerprint density at radius 3 is 2.68 bits per heavy atom. The van der Waals surface area contributed by atoms with E-state index in [1.807, 2.05) is 18.2 Å². The zero-order valence-corrected chi connectivity index (χ0v) is 20.3. The number of methoxy groups -OCH3 is 2. The summed E-state index contributed by atoms with van der Waals surface area (Å²) in [5.74, 6) is 2.51. The lowest BCUT2D eigenvalue weighted by Crippen LogP contribution is -2.43. The van der Waals surface area contributed by atoms with Gasteiger partial charge < -0.3 is 20.1 Å². The number of aliphatic imine (C=N–C) groups is 1. The number of hydrogen-bond donors (Lipinski definition) is 2. The topological polar surface area (TPSA) is 58.1 Å². The van der Waals surface area contributed by atoms with Gasteiger partial charge in [-0.25, -0.2) is 0 Å². The van der Waals surface area contributed by atoms with Gasteiger partial charge in [-0.2, -0.15) is 0 Å². The molecule has 1 heterocycles. The van der Waals surface area contributed by atoms with Gasteiger partial charge in [-0.05, 0) is 58.0 Å². The molecule has 0 amide bonds. The summed E-state index contributed by atoms with van der Waals surface area (Å²) in [7, 11) is 3.37. The van der Waals surface area contributed by atoms with Crippen LogP contribution in [0.2, 0.25) is 0 Å². The summed E-state index contributed by atoms with van der Waals surface area (Å²) in [6.07, 6.45) is 3.84. The van der Waals surface area contributed by atoms with Gasteiger partial charge in [0.05, 0.1) is 26.8 Å². The Balaban J connectivity index is 0.00000392. The number of benzene rings is 1. The molecule has 1 saturated heterocycles. The van der Waals surface area contributed by atoms with Crippen LogP contribution >= 0.6 is 24.0 Å². The van der Waals surface area contributed by atoms with Crippen molar-refractivity contribution in [2.75, 3.05) is 40.4 Å². The molecule has 0 aliphatic carbocycles. The minimum Gasteiger partial charge on any atom is -0.497 e. The lowest BCUT2D eigenvalue weighted by atomic mass is 10.0. The molecule has 1 fully saturated rings. The van der Waals surface area contributed by atoms with Crippen molar-refractivity contribution >= 4 is 29.9 Å². The number of likely N-dealkylation sites (N-methyl/N-ethyl adjacent to an activating group) is 1. The molecule has 28 heavy (non-hydrogen) atoms. The molecule has 1 aliphatic heterocycles. The van der Waals surface area contributed by atoms with Crippen molar-refractivity contribution in [3.05, 3.63) is 23.8 Å². The van der Waals surface area contributed by atoms with Crippen molar-refractivity contribution in [2.24, 2.45) is 4.99 Å². The van der Waals surface area contributed by atoms with Crippen LogP contribution in [-0.4, -0.2) is 57.3 Å². The monoisotopic (exact) mass is 504 g/mol. The molecule has 160 valence electrons. The third-order valence-electron chi connectivity index (χ3n) is 5.22.